The van der Waals surface area contributed by atoms with Crippen LogP contribution in [0.2, 0.25) is 0 Å². The zero-order valence-electron chi connectivity index (χ0n) is 6.52. The van der Waals surface area contributed by atoms with Crippen LogP contribution >= 0.6 is 15.9 Å². The summed E-state index contributed by atoms with van der Waals surface area (Å²) in [7, 11) is 0. The van der Waals surface area contributed by atoms with Crippen molar-refractivity contribution in [1.29, 1.82) is 5.41 Å². The lowest BCUT2D eigenvalue weighted by atomic mass is 10.0. The SMILES string of the molecule is N=C1CCNc2ccc(Br)cc21. The molecule has 1 aromatic carbocycles. The molecule has 12 heavy (non-hydrogen) atoms. The van der Waals surface area contributed by atoms with Gasteiger partial charge < -0.3 is 10.7 Å². The van der Waals surface area contributed by atoms with E-state index >= 15 is 0 Å². The van der Waals surface area contributed by atoms with Crippen LogP contribution in [0.15, 0.2) is 22.7 Å². The summed E-state index contributed by atoms with van der Waals surface area (Å²) in [4.78, 5) is 0. The molecular formula is C9H9BrN2. The predicted molar refractivity (Wildman–Crippen MR) is 54.1 cm³/mol. The third kappa shape index (κ3) is 1.25. The smallest absolute Gasteiger partial charge is 0.0432 e. The summed E-state index contributed by atoms with van der Waals surface area (Å²) >= 11 is 3.39. The number of nitrogens with one attached hydrogen (secondary N) is 2. The lowest BCUT2D eigenvalue weighted by Gasteiger charge is -2.18. The molecule has 2 N–H and O–H groups in total. The van der Waals surface area contributed by atoms with Gasteiger partial charge in [0.1, 0.15) is 0 Å². The number of hydrogen-bond acceptors (Lipinski definition) is 2. The number of fused-ring (bicyclic) bond motifs is 1. The van der Waals surface area contributed by atoms with E-state index in [0.29, 0.717) is 0 Å². The highest BCUT2D eigenvalue weighted by atomic mass is 79.9. The van der Waals surface area contributed by atoms with Gasteiger partial charge in [-0.25, -0.2) is 0 Å². The second kappa shape index (κ2) is 2.90. The molecule has 0 unspecified atom stereocenters. The molecule has 0 bridgehead atoms. The van der Waals surface area contributed by atoms with E-state index in [1.54, 1.807) is 0 Å². The number of rotatable bonds is 0. The summed E-state index contributed by atoms with van der Waals surface area (Å²) in [6.07, 6.45) is 0.823. The first-order chi connectivity index (χ1) is 5.77. The van der Waals surface area contributed by atoms with E-state index in [-0.39, 0.29) is 0 Å². The van der Waals surface area contributed by atoms with Gasteiger partial charge in [0.15, 0.2) is 0 Å². The molecule has 0 radical (unpaired) electrons. The van der Waals surface area contributed by atoms with E-state index in [4.69, 9.17) is 5.41 Å². The topological polar surface area (TPSA) is 35.9 Å². The van der Waals surface area contributed by atoms with Gasteiger partial charge >= 0.3 is 0 Å². The van der Waals surface area contributed by atoms with E-state index in [9.17, 15) is 0 Å². The first-order valence-electron chi connectivity index (χ1n) is 3.88. The van der Waals surface area contributed by atoms with Crippen LogP contribution in [0.4, 0.5) is 5.69 Å². The van der Waals surface area contributed by atoms with Crippen molar-refractivity contribution in [2.24, 2.45) is 0 Å². The van der Waals surface area contributed by atoms with Crippen molar-refractivity contribution in [2.45, 2.75) is 6.42 Å². The molecule has 0 aliphatic carbocycles. The Morgan fingerprint density at radius 1 is 1.42 bits per heavy atom. The predicted octanol–water partition coefficient (Wildman–Crippen LogP) is 2.63. The molecule has 0 fully saturated rings. The molecule has 1 aliphatic heterocycles. The normalized spacial score (nSPS) is 15.2. The first kappa shape index (κ1) is 7.80. The first-order valence-corrected chi connectivity index (χ1v) is 4.68. The van der Waals surface area contributed by atoms with Crippen molar-refractivity contribution in [3.05, 3.63) is 28.2 Å². The van der Waals surface area contributed by atoms with Crippen molar-refractivity contribution in [1.82, 2.24) is 0 Å². The van der Waals surface area contributed by atoms with Gasteiger partial charge in [0, 0.05) is 34.4 Å². The molecule has 2 rings (SSSR count). The highest BCUT2D eigenvalue weighted by Crippen LogP contribution is 2.24. The second-order valence-electron chi connectivity index (χ2n) is 2.85. The number of benzene rings is 1. The van der Waals surface area contributed by atoms with Crippen LogP contribution in [0.5, 0.6) is 0 Å². The van der Waals surface area contributed by atoms with Crippen LogP contribution in [0.1, 0.15) is 12.0 Å². The third-order valence-electron chi connectivity index (χ3n) is 2.00. The molecule has 0 saturated heterocycles. The molecule has 1 aliphatic rings. The van der Waals surface area contributed by atoms with Crippen LogP contribution in [-0.4, -0.2) is 12.3 Å². The Labute approximate surface area is 79.6 Å². The second-order valence-corrected chi connectivity index (χ2v) is 3.76. The van der Waals surface area contributed by atoms with Gasteiger partial charge in [-0.05, 0) is 18.2 Å². The fraction of sp³-hybridized carbons (Fsp3) is 0.222. The molecule has 3 heteroatoms. The molecule has 0 spiro atoms. The van der Waals surface area contributed by atoms with Crippen LogP contribution < -0.4 is 5.32 Å². The van der Waals surface area contributed by atoms with Crippen LogP contribution in [0.3, 0.4) is 0 Å². The van der Waals surface area contributed by atoms with Crippen LogP contribution in [-0.2, 0) is 0 Å². The van der Waals surface area contributed by atoms with Crippen molar-refractivity contribution >= 4 is 27.3 Å². The summed E-state index contributed by atoms with van der Waals surface area (Å²) in [6.45, 7) is 0.882. The lowest BCUT2D eigenvalue weighted by molar-refractivity contribution is 1.06. The lowest BCUT2D eigenvalue weighted by Crippen LogP contribution is -2.17. The van der Waals surface area contributed by atoms with E-state index in [1.807, 2.05) is 18.2 Å². The van der Waals surface area contributed by atoms with Gasteiger partial charge in [-0.2, -0.15) is 0 Å². The van der Waals surface area contributed by atoms with E-state index < -0.39 is 0 Å². The average Bonchev–Trinajstić information content (AvgIpc) is 2.07. The Balaban J connectivity index is 2.54. The molecule has 2 nitrogen and oxygen atoms in total. The maximum absolute atomic E-state index is 7.71. The van der Waals surface area contributed by atoms with Gasteiger partial charge in [0.2, 0.25) is 0 Å². The molecular weight excluding hydrogens is 216 g/mol. The molecule has 0 amide bonds. The summed E-state index contributed by atoms with van der Waals surface area (Å²) in [5.74, 6) is 0. The molecule has 1 aromatic rings. The molecule has 62 valence electrons. The van der Waals surface area contributed by atoms with E-state index in [0.717, 1.165) is 34.4 Å². The minimum Gasteiger partial charge on any atom is -0.384 e. The molecule has 0 aromatic heterocycles. The van der Waals surface area contributed by atoms with Gasteiger partial charge in [-0.3, -0.25) is 0 Å². The summed E-state index contributed by atoms with van der Waals surface area (Å²) in [5.41, 5.74) is 2.83. The highest BCUT2D eigenvalue weighted by Gasteiger charge is 2.12. The summed E-state index contributed by atoms with van der Waals surface area (Å²) in [6, 6.07) is 5.99. The fourth-order valence-corrected chi connectivity index (χ4v) is 1.74. The molecule has 1 heterocycles. The average molecular weight is 225 g/mol. The van der Waals surface area contributed by atoms with Crippen molar-refractivity contribution in [2.75, 3.05) is 11.9 Å². The maximum Gasteiger partial charge on any atom is 0.0432 e. The van der Waals surface area contributed by atoms with Gasteiger partial charge in [-0.1, -0.05) is 15.9 Å². The Hall–Kier alpha value is -0.830. The molecule has 0 atom stereocenters. The quantitative estimate of drug-likeness (QED) is 0.699. The van der Waals surface area contributed by atoms with Crippen molar-refractivity contribution < 1.29 is 0 Å². The fourth-order valence-electron chi connectivity index (χ4n) is 1.38. The molecule has 0 saturated carbocycles. The summed E-state index contributed by atoms with van der Waals surface area (Å²) < 4.78 is 1.04. The van der Waals surface area contributed by atoms with Crippen LogP contribution in [0.25, 0.3) is 0 Å². The Kier molecular flexibility index (Phi) is 1.89. The number of halogens is 1. The number of hydrogen-bond donors (Lipinski definition) is 2. The van der Waals surface area contributed by atoms with Crippen molar-refractivity contribution in [3.8, 4) is 0 Å². The summed E-state index contributed by atoms with van der Waals surface area (Å²) in [5, 5.41) is 11.0. The standard InChI is InChI=1S/C9H9BrN2/c10-6-1-2-9-7(5-6)8(11)3-4-12-9/h1-2,5,11-12H,3-4H2. The van der Waals surface area contributed by atoms with Crippen molar-refractivity contribution in [3.63, 3.8) is 0 Å². The monoisotopic (exact) mass is 224 g/mol. The highest BCUT2D eigenvalue weighted by molar-refractivity contribution is 9.10. The maximum atomic E-state index is 7.71. The minimum atomic E-state index is 0.727. The zero-order valence-corrected chi connectivity index (χ0v) is 8.11. The Morgan fingerprint density at radius 2 is 2.25 bits per heavy atom. The van der Waals surface area contributed by atoms with E-state index in [1.165, 1.54) is 0 Å². The minimum absolute atomic E-state index is 0.727. The largest absolute Gasteiger partial charge is 0.384 e. The third-order valence-corrected chi connectivity index (χ3v) is 2.49. The Morgan fingerprint density at radius 3 is 3.08 bits per heavy atom. The van der Waals surface area contributed by atoms with Gasteiger partial charge in [0.25, 0.3) is 0 Å². The van der Waals surface area contributed by atoms with E-state index in [2.05, 4.69) is 21.2 Å². The number of anilines is 1. The van der Waals surface area contributed by atoms with Crippen LogP contribution in [0, 0.1) is 5.41 Å². The zero-order chi connectivity index (χ0) is 8.55. The van der Waals surface area contributed by atoms with Gasteiger partial charge in [-0.15, -0.1) is 0 Å². The Bertz CT molecular complexity index is 333. The van der Waals surface area contributed by atoms with Gasteiger partial charge in [0.05, 0.1) is 0 Å².